The van der Waals surface area contributed by atoms with Gasteiger partial charge in [-0.3, -0.25) is 0 Å². The maximum atomic E-state index is 2.25. The third-order valence-corrected chi connectivity index (χ3v) is 4.34. The van der Waals surface area contributed by atoms with Crippen molar-refractivity contribution in [2.45, 2.75) is 0 Å². The van der Waals surface area contributed by atoms with Crippen LogP contribution in [0.4, 0.5) is 0 Å². The Morgan fingerprint density at radius 1 is 0.500 bits per heavy atom. The number of nitrogens with zero attached hydrogens (tertiary/aromatic N) is 1. The van der Waals surface area contributed by atoms with E-state index < -0.39 is 0 Å². The molecule has 0 unspecified atom stereocenters. The number of rotatable bonds is 4. The van der Waals surface area contributed by atoms with Crippen molar-refractivity contribution in [1.82, 2.24) is 0 Å². The van der Waals surface area contributed by atoms with E-state index in [0.29, 0.717) is 0 Å². The molecule has 1 heterocycles. The maximum absolute atomic E-state index is 2.25. The van der Waals surface area contributed by atoms with E-state index in [4.69, 9.17) is 0 Å². The van der Waals surface area contributed by atoms with Crippen LogP contribution in [0.1, 0.15) is 5.56 Å². The highest BCUT2D eigenvalue weighted by Crippen LogP contribution is 2.24. The molecule has 0 bridgehead atoms. The minimum absolute atomic E-state index is 1.19. The highest BCUT2D eigenvalue weighted by molar-refractivity contribution is 5.71. The number of hydrogen-bond donors (Lipinski definition) is 0. The van der Waals surface area contributed by atoms with Crippen molar-refractivity contribution >= 4 is 12.3 Å². The van der Waals surface area contributed by atoms with Gasteiger partial charge in [0, 0.05) is 17.2 Å². The predicted molar refractivity (Wildman–Crippen MR) is 109 cm³/mol. The Balaban J connectivity index is 1.79. The van der Waals surface area contributed by atoms with Gasteiger partial charge in [-0.15, -0.1) is 0 Å². The van der Waals surface area contributed by atoms with E-state index in [-0.39, 0.29) is 0 Å². The summed E-state index contributed by atoms with van der Waals surface area (Å²) >= 11 is 0. The summed E-state index contributed by atoms with van der Waals surface area (Å²) in [5.41, 5.74) is 6.01. The fourth-order valence-electron chi connectivity index (χ4n) is 3.00. The van der Waals surface area contributed by atoms with Crippen LogP contribution in [0.2, 0.25) is 0 Å². The van der Waals surface area contributed by atoms with Gasteiger partial charge < -0.3 is 0 Å². The van der Waals surface area contributed by atoms with Gasteiger partial charge in [-0.25, -0.2) is 0 Å². The van der Waals surface area contributed by atoms with Crippen LogP contribution in [-0.4, -0.2) is 0 Å². The van der Waals surface area contributed by atoms with E-state index >= 15 is 0 Å². The standard InChI is InChI=1S/C25H20N/c1-4-10-21(11-5-1)16-17-26-19-24(22-12-6-2-7-13-22)18-25(20-26)23-14-8-3-9-15-23/h1-20H/q+1. The molecule has 0 aliphatic heterocycles. The summed E-state index contributed by atoms with van der Waals surface area (Å²) in [7, 11) is 0. The zero-order chi connectivity index (χ0) is 17.6. The smallest absolute Gasteiger partial charge is 0.173 e. The van der Waals surface area contributed by atoms with Crippen molar-refractivity contribution in [3.05, 3.63) is 115 Å². The molecular formula is C25H20N+. The summed E-state index contributed by atoms with van der Waals surface area (Å²) in [6.07, 6.45) is 8.57. The Kier molecular flexibility index (Phi) is 4.70. The lowest BCUT2D eigenvalue weighted by molar-refractivity contribution is -0.566. The van der Waals surface area contributed by atoms with Gasteiger partial charge in [0.15, 0.2) is 18.6 Å². The first-order chi connectivity index (χ1) is 12.9. The molecule has 26 heavy (non-hydrogen) atoms. The first-order valence-corrected chi connectivity index (χ1v) is 8.78. The minimum Gasteiger partial charge on any atom is -0.173 e. The molecule has 4 rings (SSSR count). The van der Waals surface area contributed by atoms with E-state index in [2.05, 4.69) is 108 Å². The van der Waals surface area contributed by atoms with Gasteiger partial charge >= 0.3 is 0 Å². The van der Waals surface area contributed by atoms with Crippen molar-refractivity contribution in [1.29, 1.82) is 0 Å². The van der Waals surface area contributed by atoms with Gasteiger partial charge in [0.05, 0.1) is 0 Å². The number of pyridine rings is 1. The van der Waals surface area contributed by atoms with Gasteiger partial charge in [-0.2, -0.15) is 4.57 Å². The molecule has 0 saturated carbocycles. The molecule has 0 N–H and O–H groups in total. The predicted octanol–water partition coefficient (Wildman–Crippen LogP) is 5.94. The van der Waals surface area contributed by atoms with E-state index in [0.717, 1.165) is 0 Å². The average Bonchev–Trinajstić information content (AvgIpc) is 2.74. The van der Waals surface area contributed by atoms with Crippen LogP contribution in [0.5, 0.6) is 0 Å². The summed E-state index contributed by atoms with van der Waals surface area (Å²) in [6, 6.07) is 33.6. The SMILES string of the molecule is C(=C[n+]1cc(-c2ccccc2)cc(-c2ccccc2)c1)c1ccccc1. The lowest BCUT2D eigenvalue weighted by atomic mass is 10.0. The molecule has 1 aromatic heterocycles. The third kappa shape index (κ3) is 3.79. The molecule has 0 atom stereocenters. The van der Waals surface area contributed by atoms with Gasteiger partial charge in [-0.05, 0) is 22.8 Å². The van der Waals surface area contributed by atoms with Crippen LogP contribution in [0.3, 0.4) is 0 Å². The average molecular weight is 334 g/mol. The molecular weight excluding hydrogens is 314 g/mol. The van der Waals surface area contributed by atoms with Crippen LogP contribution in [0.15, 0.2) is 109 Å². The Bertz CT molecular complexity index is 946. The summed E-state index contributed by atoms with van der Waals surface area (Å²) in [4.78, 5) is 0. The van der Waals surface area contributed by atoms with Crippen molar-refractivity contribution < 1.29 is 4.57 Å². The molecule has 0 aliphatic carbocycles. The lowest BCUT2D eigenvalue weighted by Crippen LogP contribution is -2.25. The van der Waals surface area contributed by atoms with Crippen LogP contribution < -0.4 is 4.57 Å². The Morgan fingerprint density at radius 3 is 1.46 bits per heavy atom. The molecule has 1 heteroatoms. The molecule has 0 saturated heterocycles. The van der Waals surface area contributed by atoms with Gasteiger partial charge in [0.2, 0.25) is 0 Å². The molecule has 0 radical (unpaired) electrons. The van der Waals surface area contributed by atoms with Crippen molar-refractivity contribution in [2.24, 2.45) is 0 Å². The quantitative estimate of drug-likeness (QED) is 0.407. The lowest BCUT2D eigenvalue weighted by Gasteiger charge is -2.04. The van der Waals surface area contributed by atoms with Crippen molar-refractivity contribution in [2.75, 3.05) is 0 Å². The fraction of sp³-hybridized carbons (Fsp3) is 0. The zero-order valence-corrected chi connectivity index (χ0v) is 14.5. The molecule has 3 aromatic carbocycles. The molecule has 0 fully saturated rings. The van der Waals surface area contributed by atoms with Crippen LogP contribution >= 0.6 is 0 Å². The normalized spacial score (nSPS) is 10.9. The molecule has 0 aliphatic rings. The second-order valence-electron chi connectivity index (χ2n) is 6.22. The minimum atomic E-state index is 1.19. The van der Waals surface area contributed by atoms with Crippen molar-refractivity contribution in [3.63, 3.8) is 0 Å². The topological polar surface area (TPSA) is 3.88 Å². The molecule has 1 nitrogen and oxygen atoms in total. The second-order valence-corrected chi connectivity index (χ2v) is 6.22. The third-order valence-electron chi connectivity index (χ3n) is 4.34. The fourth-order valence-corrected chi connectivity index (χ4v) is 3.00. The molecule has 124 valence electrons. The van der Waals surface area contributed by atoms with Gasteiger partial charge in [-0.1, -0.05) is 91.0 Å². The van der Waals surface area contributed by atoms with Crippen LogP contribution in [0.25, 0.3) is 34.5 Å². The second kappa shape index (κ2) is 7.62. The molecule has 0 amide bonds. The van der Waals surface area contributed by atoms with Crippen molar-refractivity contribution in [3.8, 4) is 22.3 Å². The largest absolute Gasteiger partial charge is 0.182 e. The highest BCUT2D eigenvalue weighted by Gasteiger charge is 2.09. The summed E-state index contributed by atoms with van der Waals surface area (Å²) < 4.78 is 2.14. The summed E-state index contributed by atoms with van der Waals surface area (Å²) in [5.74, 6) is 0. The van der Waals surface area contributed by atoms with Gasteiger partial charge in [0.25, 0.3) is 0 Å². The monoisotopic (exact) mass is 334 g/mol. The highest BCUT2D eigenvalue weighted by atomic mass is 14.9. The zero-order valence-electron chi connectivity index (χ0n) is 14.5. The van der Waals surface area contributed by atoms with E-state index in [1.807, 2.05) is 18.2 Å². The van der Waals surface area contributed by atoms with Gasteiger partial charge in [0.1, 0.15) is 0 Å². The number of aromatic nitrogens is 1. The Hall–Kier alpha value is -3.45. The Morgan fingerprint density at radius 2 is 0.962 bits per heavy atom. The van der Waals surface area contributed by atoms with E-state index in [9.17, 15) is 0 Å². The van der Waals surface area contributed by atoms with E-state index in [1.165, 1.54) is 27.8 Å². The molecule has 0 spiro atoms. The summed E-state index contributed by atoms with van der Waals surface area (Å²) in [6.45, 7) is 0. The van der Waals surface area contributed by atoms with Crippen LogP contribution in [0, 0.1) is 0 Å². The van der Waals surface area contributed by atoms with E-state index in [1.54, 1.807) is 0 Å². The van der Waals surface area contributed by atoms with Crippen LogP contribution in [-0.2, 0) is 0 Å². The molecule has 4 aromatic rings. The number of benzene rings is 3. The maximum Gasteiger partial charge on any atom is 0.182 e. The Labute approximate surface area is 154 Å². The number of hydrogen-bond acceptors (Lipinski definition) is 0. The first kappa shape index (κ1) is 16.0. The summed E-state index contributed by atoms with van der Waals surface area (Å²) in [5, 5.41) is 0. The first-order valence-electron chi connectivity index (χ1n) is 8.78.